The number of amides is 3. The van der Waals surface area contributed by atoms with Crippen molar-refractivity contribution >= 4 is 17.6 Å². The van der Waals surface area contributed by atoms with Crippen molar-refractivity contribution in [2.75, 3.05) is 18.4 Å². The van der Waals surface area contributed by atoms with Crippen LogP contribution in [-0.2, 0) is 11.3 Å². The number of hydrogen-bond acceptors (Lipinski definition) is 2. The van der Waals surface area contributed by atoms with Crippen LogP contribution in [0.4, 0.5) is 14.9 Å². The molecule has 3 rings (SSSR count). The Morgan fingerprint density at radius 3 is 2.58 bits per heavy atom. The van der Waals surface area contributed by atoms with Gasteiger partial charge in [-0.25, -0.2) is 9.18 Å². The summed E-state index contributed by atoms with van der Waals surface area (Å²) in [7, 11) is 0. The molecule has 0 radical (unpaired) electrons. The molecule has 3 amide bonds. The molecule has 0 saturated carbocycles. The van der Waals surface area contributed by atoms with E-state index < -0.39 is 5.82 Å². The van der Waals surface area contributed by atoms with Gasteiger partial charge < -0.3 is 15.5 Å². The van der Waals surface area contributed by atoms with Crippen molar-refractivity contribution in [3.05, 3.63) is 66.0 Å². The molecular formula is C20H22FN3O2. The number of rotatable bonds is 5. The topological polar surface area (TPSA) is 61.4 Å². The molecule has 0 spiro atoms. The molecule has 2 N–H and O–H groups in total. The molecule has 1 heterocycles. The summed E-state index contributed by atoms with van der Waals surface area (Å²) in [5.74, 6) is -0.357. The Bertz CT molecular complexity index is 767. The van der Waals surface area contributed by atoms with Crippen LogP contribution in [0.15, 0.2) is 54.6 Å². The molecule has 136 valence electrons. The number of nitrogens with one attached hydrogen (secondary N) is 2. The Morgan fingerprint density at radius 1 is 1.08 bits per heavy atom. The average Bonchev–Trinajstić information content (AvgIpc) is 3.11. The largest absolute Gasteiger partial charge is 0.352 e. The number of hydrogen-bond donors (Lipinski definition) is 2. The zero-order chi connectivity index (χ0) is 18.4. The summed E-state index contributed by atoms with van der Waals surface area (Å²) in [6.45, 7) is 1.57. The second-order valence-electron chi connectivity index (χ2n) is 6.48. The van der Waals surface area contributed by atoms with Gasteiger partial charge in [-0.1, -0.05) is 42.5 Å². The summed E-state index contributed by atoms with van der Waals surface area (Å²) in [6, 6.07) is 15.5. The van der Waals surface area contributed by atoms with Crippen LogP contribution in [0, 0.1) is 11.7 Å². The van der Waals surface area contributed by atoms with E-state index >= 15 is 0 Å². The number of nitrogens with zero attached hydrogens (tertiary/aromatic N) is 1. The highest BCUT2D eigenvalue weighted by Gasteiger charge is 2.28. The highest BCUT2D eigenvalue weighted by molar-refractivity contribution is 5.89. The van der Waals surface area contributed by atoms with Gasteiger partial charge in [0.2, 0.25) is 5.91 Å². The van der Waals surface area contributed by atoms with Crippen molar-refractivity contribution < 1.29 is 14.0 Å². The molecular weight excluding hydrogens is 333 g/mol. The second kappa shape index (κ2) is 8.47. The summed E-state index contributed by atoms with van der Waals surface area (Å²) < 4.78 is 13.6. The van der Waals surface area contributed by atoms with Gasteiger partial charge in [0.1, 0.15) is 5.82 Å². The summed E-state index contributed by atoms with van der Waals surface area (Å²) >= 11 is 0. The third-order valence-electron chi connectivity index (χ3n) is 4.50. The maximum atomic E-state index is 13.6. The maximum Gasteiger partial charge on any atom is 0.321 e. The Labute approximate surface area is 152 Å². The number of likely N-dealkylation sites (tertiary alicyclic amines) is 1. The first kappa shape index (κ1) is 17.9. The molecule has 5 nitrogen and oxygen atoms in total. The highest BCUT2D eigenvalue weighted by atomic mass is 19.1. The van der Waals surface area contributed by atoms with E-state index in [0.717, 1.165) is 12.0 Å². The molecule has 1 fully saturated rings. The van der Waals surface area contributed by atoms with Crippen molar-refractivity contribution in [1.29, 1.82) is 0 Å². The van der Waals surface area contributed by atoms with Crippen LogP contribution in [0.1, 0.15) is 18.4 Å². The molecule has 1 unspecified atom stereocenters. The number of anilines is 1. The molecule has 0 aliphatic carbocycles. The van der Waals surface area contributed by atoms with Gasteiger partial charge in [-0.3, -0.25) is 4.79 Å². The normalized spacial score (nSPS) is 16.3. The van der Waals surface area contributed by atoms with Gasteiger partial charge in [0.15, 0.2) is 0 Å². The summed E-state index contributed by atoms with van der Waals surface area (Å²) in [5.41, 5.74) is 1.22. The maximum absolute atomic E-state index is 13.6. The fourth-order valence-corrected chi connectivity index (χ4v) is 3.07. The molecule has 1 saturated heterocycles. The first-order valence-electron chi connectivity index (χ1n) is 8.73. The third kappa shape index (κ3) is 4.81. The number of benzene rings is 2. The van der Waals surface area contributed by atoms with Crippen LogP contribution in [0.5, 0.6) is 0 Å². The minimum atomic E-state index is -0.461. The minimum Gasteiger partial charge on any atom is -0.352 e. The average molecular weight is 355 g/mol. The Kier molecular flexibility index (Phi) is 5.84. The molecule has 26 heavy (non-hydrogen) atoms. The number of para-hydroxylation sites is 1. The lowest BCUT2D eigenvalue weighted by Crippen LogP contribution is -2.34. The van der Waals surface area contributed by atoms with Crippen LogP contribution in [0.2, 0.25) is 0 Å². The predicted octanol–water partition coefficient (Wildman–Crippen LogP) is 3.39. The second-order valence-corrected chi connectivity index (χ2v) is 6.48. The molecule has 6 heteroatoms. The van der Waals surface area contributed by atoms with Crippen molar-refractivity contribution in [1.82, 2.24) is 10.2 Å². The van der Waals surface area contributed by atoms with Crippen LogP contribution in [0.25, 0.3) is 0 Å². The van der Waals surface area contributed by atoms with Gasteiger partial charge >= 0.3 is 6.03 Å². The summed E-state index contributed by atoms with van der Waals surface area (Å²) in [6.07, 6.45) is 1.15. The molecule has 0 bridgehead atoms. The van der Waals surface area contributed by atoms with E-state index in [2.05, 4.69) is 10.6 Å². The van der Waals surface area contributed by atoms with Gasteiger partial charge in [0, 0.05) is 26.1 Å². The monoisotopic (exact) mass is 355 g/mol. The lowest BCUT2D eigenvalue weighted by molar-refractivity contribution is -0.122. The Balaban J connectivity index is 1.44. The Morgan fingerprint density at radius 2 is 1.81 bits per heavy atom. The van der Waals surface area contributed by atoms with Crippen molar-refractivity contribution in [2.45, 2.75) is 19.4 Å². The highest BCUT2D eigenvalue weighted by Crippen LogP contribution is 2.21. The fourth-order valence-electron chi connectivity index (χ4n) is 3.07. The predicted molar refractivity (Wildman–Crippen MR) is 98.0 cm³/mol. The lowest BCUT2D eigenvalue weighted by Gasteiger charge is -2.17. The van der Waals surface area contributed by atoms with Crippen molar-refractivity contribution in [3.63, 3.8) is 0 Å². The van der Waals surface area contributed by atoms with Gasteiger partial charge in [-0.2, -0.15) is 0 Å². The first-order valence-corrected chi connectivity index (χ1v) is 8.73. The Hall–Kier alpha value is -2.89. The van der Waals surface area contributed by atoms with Crippen LogP contribution >= 0.6 is 0 Å². The molecule has 2 aromatic rings. The van der Waals surface area contributed by atoms with E-state index in [0.29, 0.717) is 26.1 Å². The quantitative estimate of drug-likeness (QED) is 0.864. The van der Waals surface area contributed by atoms with E-state index in [4.69, 9.17) is 0 Å². The van der Waals surface area contributed by atoms with Crippen LogP contribution in [-0.4, -0.2) is 29.9 Å². The van der Waals surface area contributed by atoms with Crippen molar-refractivity contribution in [2.24, 2.45) is 5.92 Å². The third-order valence-corrected chi connectivity index (χ3v) is 4.50. The fraction of sp³-hybridized carbons (Fsp3) is 0.300. The van der Waals surface area contributed by atoms with E-state index in [-0.39, 0.29) is 23.5 Å². The van der Waals surface area contributed by atoms with Crippen molar-refractivity contribution in [3.8, 4) is 0 Å². The lowest BCUT2D eigenvalue weighted by atomic mass is 10.0. The van der Waals surface area contributed by atoms with E-state index in [1.165, 1.54) is 12.1 Å². The number of halogens is 1. The standard InChI is InChI=1S/C20H22FN3O2/c21-17-8-4-5-9-18(17)23-20(26)24-11-10-16(14-24)12-19(25)22-13-15-6-2-1-3-7-15/h1-9,16H,10-14H2,(H,22,25)(H,23,26). The van der Waals surface area contributed by atoms with E-state index in [1.54, 1.807) is 17.0 Å². The molecule has 0 aromatic heterocycles. The van der Waals surface area contributed by atoms with Gasteiger partial charge in [-0.05, 0) is 30.0 Å². The minimum absolute atomic E-state index is 0.0183. The zero-order valence-electron chi connectivity index (χ0n) is 14.5. The molecule has 1 aliphatic heterocycles. The molecule has 1 atom stereocenters. The molecule has 2 aromatic carbocycles. The van der Waals surface area contributed by atoms with Gasteiger partial charge in [0.05, 0.1) is 5.69 Å². The summed E-state index contributed by atoms with van der Waals surface area (Å²) in [4.78, 5) is 26.0. The number of carbonyl (C=O) groups excluding carboxylic acids is 2. The summed E-state index contributed by atoms with van der Waals surface area (Å²) in [5, 5.41) is 5.49. The molecule has 1 aliphatic rings. The number of carbonyl (C=O) groups is 2. The van der Waals surface area contributed by atoms with E-state index in [1.807, 2.05) is 30.3 Å². The van der Waals surface area contributed by atoms with Gasteiger partial charge in [0.25, 0.3) is 0 Å². The SMILES string of the molecule is O=C(CC1CCN(C(=O)Nc2ccccc2F)C1)NCc1ccccc1. The zero-order valence-corrected chi connectivity index (χ0v) is 14.5. The van der Waals surface area contributed by atoms with Crippen LogP contribution < -0.4 is 10.6 Å². The van der Waals surface area contributed by atoms with Gasteiger partial charge in [-0.15, -0.1) is 0 Å². The number of urea groups is 1. The van der Waals surface area contributed by atoms with E-state index in [9.17, 15) is 14.0 Å². The van der Waals surface area contributed by atoms with Crippen LogP contribution in [0.3, 0.4) is 0 Å². The smallest absolute Gasteiger partial charge is 0.321 e. The first-order chi connectivity index (χ1) is 12.6.